The van der Waals surface area contributed by atoms with Crippen LogP contribution in [-0.2, 0) is 9.53 Å². The second kappa shape index (κ2) is 8.36. The number of aliphatic carboxylic acids is 1. The Hall–Kier alpha value is -0.950. The van der Waals surface area contributed by atoms with Crippen molar-refractivity contribution in [3.05, 3.63) is 0 Å². The summed E-state index contributed by atoms with van der Waals surface area (Å²) in [6.07, 6.45) is 1.65. The predicted molar refractivity (Wildman–Crippen MR) is 78.9 cm³/mol. The standard InChI is InChI=1S/C13H24N2O4S/c1-4-6-11-15(10(8-20-11)12(16)17)13(18)14-7-9(3)19-5-2/h9-11H,4-8H2,1-3H3,(H,14,18)(H,16,17). The molecule has 6 nitrogen and oxygen atoms in total. The molecular formula is C13H24N2O4S. The zero-order chi connectivity index (χ0) is 15.1. The fraction of sp³-hybridized carbons (Fsp3) is 0.846. The van der Waals surface area contributed by atoms with Crippen LogP contribution < -0.4 is 5.32 Å². The number of carbonyl (C=O) groups excluding carboxylic acids is 1. The molecule has 0 spiro atoms. The zero-order valence-electron chi connectivity index (χ0n) is 12.3. The Labute approximate surface area is 124 Å². The highest BCUT2D eigenvalue weighted by molar-refractivity contribution is 8.00. The predicted octanol–water partition coefficient (Wildman–Crippen LogP) is 1.75. The van der Waals surface area contributed by atoms with Gasteiger partial charge in [-0.15, -0.1) is 11.8 Å². The van der Waals surface area contributed by atoms with E-state index >= 15 is 0 Å². The zero-order valence-corrected chi connectivity index (χ0v) is 13.1. The Bertz CT molecular complexity index is 340. The lowest BCUT2D eigenvalue weighted by atomic mass is 10.2. The molecule has 0 aromatic rings. The van der Waals surface area contributed by atoms with Gasteiger partial charge in [-0.25, -0.2) is 9.59 Å². The van der Waals surface area contributed by atoms with Crippen LogP contribution in [0, 0.1) is 0 Å². The molecule has 1 rings (SSSR count). The molecular weight excluding hydrogens is 280 g/mol. The van der Waals surface area contributed by atoms with Gasteiger partial charge in [0.2, 0.25) is 0 Å². The number of amides is 2. The van der Waals surface area contributed by atoms with E-state index < -0.39 is 12.0 Å². The average Bonchev–Trinajstić information content (AvgIpc) is 2.81. The van der Waals surface area contributed by atoms with Crippen LogP contribution in [0.3, 0.4) is 0 Å². The number of nitrogens with one attached hydrogen (secondary N) is 1. The number of carboxylic acid groups (broad SMARTS) is 1. The maximum atomic E-state index is 12.2. The van der Waals surface area contributed by atoms with Crippen LogP contribution in [0.5, 0.6) is 0 Å². The van der Waals surface area contributed by atoms with Crippen molar-refractivity contribution >= 4 is 23.8 Å². The molecule has 1 heterocycles. The van der Waals surface area contributed by atoms with Crippen LogP contribution in [0.4, 0.5) is 4.79 Å². The molecule has 0 radical (unpaired) electrons. The van der Waals surface area contributed by atoms with Gasteiger partial charge in [0.15, 0.2) is 0 Å². The number of hydrogen-bond acceptors (Lipinski definition) is 4. The largest absolute Gasteiger partial charge is 0.480 e. The first kappa shape index (κ1) is 17.1. The van der Waals surface area contributed by atoms with Crippen molar-refractivity contribution < 1.29 is 19.4 Å². The van der Waals surface area contributed by atoms with Gasteiger partial charge in [0.1, 0.15) is 6.04 Å². The Morgan fingerprint density at radius 2 is 2.20 bits per heavy atom. The summed E-state index contributed by atoms with van der Waals surface area (Å²) in [5, 5.41) is 11.9. The summed E-state index contributed by atoms with van der Waals surface area (Å²) < 4.78 is 5.35. The number of carboxylic acids is 1. The maximum absolute atomic E-state index is 12.2. The molecule has 3 atom stereocenters. The summed E-state index contributed by atoms with van der Waals surface area (Å²) in [5.74, 6) is -0.488. The van der Waals surface area contributed by atoms with E-state index in [1.165, 1.54) is 16.7 Å². The highest BCUT2D eigenvalue weighted by atomic mass is 32.2. The van der Waals surface area contributed by atoms with Gasteiger partial charge in [0.05, 0.1) is 11.5 Å². The number of thioether (sulfide) groups is 1. The molecule has 7 heteroatoms. The number of nitrogens with zero attached hydrogens (tertiary/aromatic N) is 1. The van der Waals surface area contributed by atoms with Crippen LogP contribution in [0.1, 0.15) is 33.6 Å². The third-order valence-corrected chi connectivity index (χ3v) is 4.50. The van der Waals surface area contributed by atoms with Gasteiger partial charge in [-0.2, -0.15) is 0 Å². The van der Waals surface area contributed by atoms with Crippen LogP contribution >= 0.6 is 11.8 Å². The Balaban J connectivity index is 2.61. The van der Waals surface area contributed by atoms with E-state index in [2.05, 4.69) is 5.32 Å². The quantitative estimate of drug-likeness (QED) is 0.749. The molecule has 1 saturated heterocycles. The molecule has 1 aliphatic rings. The minimum absolute atomic E-state index is 0.0523. The second-order valence-electron chi connectivity index (χ2n) is 4.79. The topological polar surface area (TPSA) is 78.9 Å². The van der Waals surface area contributed by atoms with Crippen molar-refractivity contribution in [2.45, 2.75) is 51.1 Å². The van der Waals surface area contributed by atoms with E-state index in [0.717, 1.165) is 12.8 Å². The summed E-state index contributed by atoms with van der Waals surface area (Å²) in [6, 6.07) is -1.05. The smallest absolute Gasteiger partial charge is 0.327 e. The number of ether oxygens (including phenoxy) is 1. The average molecular weight is 304 g/mol. The first-order chi connectivity index (χ1) is 9.51. The molecule has 0 aromatic carbocycles. The van der Waals surface area contributed by atoms with Gasteiger partial charge in [0.25, 0.3) is 0 Å². The van der Waals surface area contributed by atoms with Crippen LogP contribution in [-0.4, -0.2) is 58.4 Å². The molecule has 0 bridgehead atoms. The maximum Gasteiger partial charge on any atom is 0.327 e. The lowest BCUT2D eigenvalue weighted by Gasteiger charge is -2.28. The molecule has 2 amide bonds. The van der Waals surface area contributed by atoms with E-state index in [-0.39, 0.29) is 17.5 Å². The van der Waals surface area contributed by atoms with Crippen molar-refractivity contribution in [3.63, 3.8) is 0 Å². The van der Waals surface area contributed by atoms with E-state index in [4.69, 9.17) is 4.74 Å². The normalized spacial score (nSPS) is 23.6. The fourth-order valence-corrected chi connectivity index (χ4v) is 3.67. The summed E-state index contributed by atoms with van der Waals surface area (Å²) in [5.41, 5.74) is 0. The highest BCUT2D eigenvalue weighted by Crippen LogP contribution is 2.32. The molecule has 20 heavy (non-hydrogen) atoms. The van der Waals surface area contributed by atoms with Crippen molar-refractivity contribution in [1.82, 2.24) is 10.2 Å². The van der Waals surface area contributed by atoms with Gasteiger partial charge in [0, 0.05) is 18.9 Å². The van der Waals surface area contributed by atoms with Crippen molar-refractivity contribution in [2.75, 3.05) is 18.9 Å². The van der Waals surface area contributed by atoms with Crippen LogP contribution in [0.25, 0.3) is 0 Å². The molecule has 0 saturated carbocycles. The first-order valence-electron chi connectivity index (χ1n) is 7.03. The van der Waals surface area contributed by atoms with Crippen LogP contribution in [0.2, 0.25) is 0 Å². The number of carbonyl (C=O) groups is 2. The molecule has 0 aliphatic carbocycles. The van der Waals surface area contributed by atoms with Gasteiger partial charge in [-0.1, -0.05) is 13.3 Å². The van der Waals surface area contributed by atoms with Crippen molar-refractivity contribution in [3.8, 4) is 0 Å². The fourth-order valence-electron chi connectivity index (χ4n) is 2.16. The Morgan fingerprint density at radius 3 is 2.75 bits per heavy atom. The first-order valence-corrected chi connectivity index (χ1v) is 8.08. The van der Waals surface area contributed by atoms with Crippen molar-refractivity contribution in [1.29, 1.82) is 0 Å². The molecule has 1 aliphatic heterocycles. The molecule has 116 valence electrons. The Morgan fingerprint density at radius 1 is 1.50 bits per heavy atom. The summed E-state index contributed by atoms with van der Waals surface area (Å²) in [4.78, 5) is 25.0. The van der Waals surface area contributed by atoms with Gasteiger partial charge in [-0.3, -0.25) is 4.90 Å². The highest BCUT2D eigenvalue weighted by Gasteiger charge is 2.41. The molecule has 0 aromatic heterocycles. The summed E-state index contributed by atoms with van der Waals surface area (Å²) >= 11 is 1.54. The monoisotopic (exact) mass is 304 g/mol. The number of rotatable bonds is 7. The van der Waals surface area contributed by atoms with Gasteiger partial charge in [-0.05, 0) is 20.3 Å². The molecule has 2 N–H and O–H groups in total. The minimum atomic E-state index is -0.941. The molecule has 3 unspecified atom stereocenters. The van der Waals surface area contributed by atoms with Crippen molar-refractivity contribution in [2.24, 2.45) is 0 Å². The lowest BCUT2D eigenvalue weighted by molar-refractivity contribution is -0.141. The number of urea groups is 1. The SMILES string of the molecule is CCCC1SCC(C(=O)O)N1C(=O)NCC(C)OCC. The third-order valence-electron chi connectivity index (χ3n) is 3.14. The van der Waals surface area contributed by atoms with E-state index in [0.29, 0.717) is 18.9 Å². The number of hydrogen-bond donors (Lipinski definition) is 2. The van der Waals surface area contributed by atoms with E-state index in [1.54, 1.807) is 0 Å². The lowest BCUT2D eigenvalue weighted by Crippen LogP contribution is -2.51. The summed E-state index contributed by atoms with van der Waals surface area (Å²) in [7, 11) is 0. The minimum Gasteiger partial charge on any atom is -0.480 e. The van der Waals surface area contributed by atoms with Gasteiger partial charge < -0.3 is 15.2 Å². The second-order valence-corrected chi connectivity index (χ2v) is 6.00. The van der Waals surface area contributed by atoms with Gasteiger partial charge >= 0.3 is 12.0 Å². The Kier molecular flexibility index (Phi) is 7.15. The third kappa shape index (κ3) is 4.56. The molecule has 1 fully saturated rings. The summed E-state index contributed by atoms with van der Waals surface area (Å²) in [6.45, 7) is 6.78. The van der Waals surface area contributed by atoms with E-state index in [9.17, 15) is 14.7 Å². The van der Waals surface area contributed by atoms with Crippen LogP contribution in [0.15, 0.2) is 0 Å². The van der Waals surface area contributed by atoms with E-state index in [1.807, 2.05) is 20.8 Å².